The molecule has 0 radical (unpaired) electrons. The minimum Gasteiger partial charge on any atom is -0.0508 e. The van der Waals surface area contributed by atoms with Gasteiger partial charge in [-0.1, -0.05) is 47.8 Å². The maximum atomic E-state index is 3.66. The summed E-state index contributed by atoms with van der Waals surface area (Å²) in [4.78, 5) is 0. The Morgan fingerprint density at radius 2 is 0.952 bits per heavy atom. The van der Waals surface area contributed by atoms with Crippen LogP contribution in [0.2, 0.25) is 0 Å². The van der Waals surface area contributed by atoms with Crippen molar-refractivity contribution in [1.82, 2.24) is 0 Å². The fraction of sp³-hybridized carbons (Fsp3) is 0.143. The van der Waals surface area contributed by atoms with Gasteiger partial charge in [-0.2, -0.15) is 0 Å². The van der Waals surface area contributed by atoms with E-state index in [0.29, 0.717) is 0 Å². The average Bonchev–Trinajstić information content (AvgIpc) is 2.38. The summed E-state index contributed by atoms with van der Waals surface area (Å²) >= 11 is 25.2. The van der Waals surface area contributed by atoms with Crippen molar-refractivity contribution < 1.29 is 0 Å². The summed E-state index contributed by atoms with van der Waals surface area (Å²) in [5.74, 6) is 0. The zero-order chi connectivity index (χ0) is 15.7. The zero-order valence-electron chi connectivity index (χ0n) is 10.3. The van der Waals surface area contributed by atoms with Crippen molar-refractivity contribution in [3.63, 3.8) is 0 Å². The molecule has 0 spiro atoms. The van der Waals surface area contributed by atoms with Crippen LogP contribution >= 0.6 is 112 Å². The van der Waals surface area contributed by atoms with Crippen molar-refractivity contribution in [2.75, 3.05) is 0 Å². The lowest BCUT2D eigenvalue weighted by atomic mass is 10.0. The van der Waals surface area contributed by atoms with E-state index in [4.69, 9.17) is 0 Å². The molecule has 0 atom stereocenters. The van der Waals surface area contributed by atoms with Crippen LogP contribution in [0.5, 0.6) is 0 Å². The molecular weight excluding hydrogens is 727 g/mol. The molecule has 0 aliphatic heterocycles. The van der Waals surface area contributed by atoms with Gasteiger partial charge in [-0.15, -0.1) is 0 Å². The van der Waals surface area contributed by atoms with Gasteiger partial charge in [0.2, 0.25) is 0 Å². The van der Waals surface area contributed by atoms with Crippen LogP contribution in [-0.4, -0.2) is 0 Å². The molecule has 0 N–H and O–H groups in total. The smallest absolute Gasteiger partial charge is 0.0361 e. The molecule has 2 aromatic carbocycles. The fourth-order valence-electron chi connectivity index (χ4n) is 1.90. The van der Waals surface area contributed by atoms with E-state index < -0.39 is 0 Å². The highest BCUT2D eigenvalue weighted by atomic mass is 79.9. The van der Waals surface area contributed by atoms with Crippen LogP contribution in [0, 0.1) is 0 Å². The first-order valence-electron chi connectivity index (χ1n) is 5.76. The fourth-order valence-corrected chi connectivity index (χ4v) is 7.09. The van der Waals surface area contributed by atoms with Crippen LogP contribution in [0.1, 0.15) is 11.1 Å². The van der Waals surface area contributed by atoms with Crippen LogP contribution < -0.4 is 0 Å². The maximum Gasteiger partial charge on any atom is 0.0361 e. The average molecular weight is 735 g/mol. The molecule has 0 aromatic heterocycles. The minimum absolute atomic E-state index is 0.915. The summed E-state index contributed by atoms with van der Waals surface area (Å²) < 4.78 is 7.51. The van der Waals surface area contributed by atoms with E-state index in [0.717, 1.165) is 44.2 Å². The maximum absolute atomic E-state index is 3.66. The van der Waals surface area contributed by atoms with E-state index in [1.165, 1.54) is 11.1 Å². The Morgan fingerprint density at radius 1 is 0.524 bits per heavy atom. The Labute approximate surface area is 182 Å². The summed E-state index contributed by atoms with van der Waals surface area (Å²) in [5.41, 5.74) is 2.49. The zero-order valence-corrected chi connectivity index (χ0v) is 21.4. The van der Waals surface area contributed by atoms with Gasteiger partial charge in [-0.3, -0.25) is 0 Å². The number of benzene rings is 2. The molecule has 0 nitrogen and oxygen atoms in total. The van der Waals surface area contributed by atoms with Crippen molar-refractivity contribution in [2.24, 2.45) is 0 Å². The lowest BCUT2D eigenvalue weighted by Crippen LogP contribution is -1.97. The van der Waals surface area contributed by atoms with Gasteiger partial charge in [-0.05, 0) is 106 Å². The summed E-state index contributed by atoms with van der Waals surface area (Å²) in [5, 5.41) is 0. The number of halogens is 7. The molecule has 0 aliphatic rings. The molecule has 0 saturated heterocycles. The molecule has 112 valence electrons. The van der Waals surface area contributed by atoms with E-state index in [2.05, 4.69) is 124 Å². The van der Waals surface area contributed by atoms with Gasteiger partial charge in [0.05, 0.1) is 0 Å². The molecule has 0 saturated carbocycles. The molecule has 2 aromatic rings. The van der Waals surface area contributed by atoms with Gasteiger partial charge in [0.15, 0.2) is 0 Å². The predicted octanol–water partition coefficient (Wildman–Crippen LogP) is 8.81. The third kappa shape index (κ3) is 4.67. The second kappa shape index (κ2) is 8.26. The molecule has 2 rings (SSSR count). The quantitative estimate of drug-likeness (QED) is 0.277. The summed E-state index contributed by atoms with van der Waals surface area (Å²) in [7, 11) is 0. The number of rotatable bonds is 3. The molecule has 0 amide bonds. The van der Waals surface area contributed by atoms with Crippen molar-refractivity contribution in [2.45, 2.75) is 12.8 Å². The van der Waals surface area contributed by atoms with Crippen molar-refractivity contribution in [3.8, 4) is 0 Å². The predicted molar refractivity (Wildman–Crippen MR) is 114 cm³/mol. The van der Waals surface area contributed by atoms with Crippen LogP contribution in [0.15, 0.2) is 49.5 Å². The second-order valence-corrected chi connectivity index (χ2v) is 10.2. The standard InChI is InChI=1S/C14H7Br7/c15-6-3-9(16)7(10(17)4-6)1-2-8-13(20)11(18)5-12(19)14(8)21/h3-5H,1-2H2. The topological polar surface area (TPSA) is 0 Å². The minimum atomic E-state index is 0.915. The summed E-state index contributed by atoms with van der Waals surface area (Å²) in [6, 6.07) is 6.17. The van der Waals surface area contributed by atoms with Crippen LogP contribution in [0.3, 0.4) is 0 Å². The van der Waals surface area contributed by atoms with Crippen LogP contribution in [0.4, 0.5) is 0 Å². The second-order valence-electron chi connectivity index (χ2n) is 4.29. The molecule has 0 bridgehead atoms. The van der Waals surface area contributed by atoms with E-state index in [1.54, 1.807) is 0 Å². The Bertz CT molecular complexity index is 645. The monoisotopic (exact) mass is 727 g/mol. The van der Waals surface area contributed by atoms with Gasteiger partial charge in [0.1, 0.15) is 0 Å². The molecule has 0 unspecified atom stereocenters. The Hall–Kier alpha value is 1.80. The highest BCUT2D eigenvalue weighted by Crippen LogP contribution is 2.39. The van der Waals surface area contributed by atoms with Crippen LogP contribution in [-0.2, 0) is 12.8 Å². The highest BCUT2D eigenvalue weighted by Gasteiger charge is 2.14. The largest absolute Gasteiger partial charge is 0.0508 e. The molecule has 0 fully saturated rings. The third-order valence-corrected chi connectivity index (χ3v) is 8.93. The van der Waals surface area contributed by atoms with E-state index >= 15 is 0 Å². The Morgan fingerprint density at radius 3 is 1.43 bits per heavy atom. The lowest BCUT2D eigenvalue weighted by Gasteiger charge is -2.13. The summed E-state index contributed by atoms with van der Waals surface area (Å²) in [6.45, 7) is 0. The lowest BCUT2D eigenvalue weighted by molar-refractivity contribution is 0.934. The third-order valence-electron chi connectivity index (χ3n) is 2.93. The van der Waals surface area contributed by atoms with Crippen LogP contribution in [0.25, 0.3) is 0 Å². The van der Waals surface area contributed by atoms with Gasteiger partial charge in [0.25, 0.3) is 0 Å². The summed E-state index contributed by atoms with van der Waals surface area (Å²) in [6.07, 6.45) is 1.84. The molecule has 0 heterocycles. The number of hydrogen-bond donors (Lipinski definition) is 0. The molecule has 0 aliphatic carbocycles. The van der Waals surface area contributed by atoms with Gasteiger partial charge in [0, 0.05) is 31.3 Å². The van der Waals surface area contributed by atoms with Gasteiger partial charge >= 0.3 is 0 Å². The van der Waals surface area contributed by atoms with Crippen molar-refractivity contribution in [1.29, 1.82) is 0 Å². The van der Waals surface area contributed by atoms with Gasteiger partial charge in [-0.25, -0.2) is 0 Å². The Kier molecular flexibility index (Phi) is 7.52. The Balaban J connectivity index is 2.33. The normalized spacial score (nSPS) is 11.0. The highest BCUT2D eigenvalue weighted by molar-refractivity contribution is 9.14. The van der Waals surface area contributed by atoms with E-state index in [1.807, 2.05) is 6.07 Å². The first-order valence-corrected chi connectivity index (χ1v) is 11.3. The van der Waals surface area contributed by atoms with E-state index in [9.17, 15) is 0 Å². The molecule has 21 heavy (non-hydrogen) atoms. The molecule has 7 heteroatoms. The SMILES string of the molecule is Brc1cc(Br)c(CCc2c(Br)c(Br)cc(Br)c2Br)c(Br)c1. The van der Waals surface area contributed by atoms with Crippen molar-refractivity contribution >= 4 is 112 Å². The first kappa shape index (κ1) is 19.1. The van der Waals surface area contributed by atoms with Crippen molar-refractivity contribution in [3.05, 3.63) is 60.6 Å². The molecular formula is C14H7Br7. The van der Waals surface area contributed by atoms with Gasteiger partial charge < -0.3 is 0 Å². The van der Waals surface area contributed by atoms with E-state index in [-0.39, 0.29) is 0 Å². The first-order chi connectivity index (χ1) is 9.81. The number of hydrogen-bond acceptors (Lipinski definition) is 0.